The van der Waals surface area contributed by atoms with Crippen molar-refractivity contribution in [2.75, 3.05) is 19.8 Å². The number of hydrogen-bond donors (Lipinski definition) is 2. The highest BCUT2D eigenvalue weighted by molar-refractivity contribution is 5.97. The van der Waals surface area contributed by atoms with E-state index in [0.717, 1.165) is 12.8 Å². The SMILES string of the molecule is CCCOc1ccc(C(=O)N[C@H](C)C(=O)NCC)cc1OCCC. The van der Waals surface area contributed by atoms with Crippen molar-refractivity contribution in [2.24, 2.45) is 0 Å². The van der Waals surface area contributed by atoms with E-state index in [-0.39, 0.29) is 11.8 Å². The normalized spacial score (nSPS) is 11.5. The van der Waals surface area contributed by atoms with Gasteiger partial charge in [0, 0.05) is 12.1 Å². The van der Waals surface area contributed by atoms with Gasteiger partial charge in [0.2, 0.25) is 5.91 Å². The van der Waals surface area contributed by atoms with E-state index in [4.69, 9.17) is 9.47 Å². The summed E-state index contributed by atoms with van der Waals surface area (Å²) in [7, 11) is 0. The first-order valence-corrected chi connectivity index (χ1v) is 8.51. The Hall–Kier alpha value is -2.24. The van der Waals surface area contributed by atoms with Crippen LogP contribution in [0.5, 0.6) is 11.5 Å². The van der Waals surface area contributed by atoms with Gasteiger partial charge in [0.15, 0.2) is 11.5 Å². The van der Waals surface area contributed by atoms with Gasteiger partial charge in [0.25, 0.3) is 5.91 Å². The van der Waals surface area contributed by atoms with Crippen molar-refractivity contribution in [3.63, 3.8) is 0 Å². The number of carbonyl (C=O) groups excluding carboxylic acids is 2. The first-order valence-electron chi connectivity index (χ1n) is 8.51. The van der Waals surface area contributed by atoms with Crippen LogP contribution in [0.3, 0.4) is 0 Å². The minimum Gasteiger partial charge on any atom is -0.490 e. The minimum atomic E-state index is -0.603. The second-order valence-corrected chi connectivity index (χ2v) is 5.45. The van der Waals surface area contributed by atoms with Gasteiger partial charge in [-0.1, -0.05) is 13.8 Å². The Morgan fingerprint density at radius 2 is 1.67 bits per heavy atom. The molecule has 0 radical (unpaired) electrons. The smallest absolute Gasteiger partial charge is 0.252 e. The standard InChI is InChI=1S/C18H28N2O4/c1-5-10-23-15-9-8-14(12-16(15)24-11-6-2)18(22)20-13(4)17(21)19-7-3/h8-9,12-13H,5-7,10-11H2,1-4H3,(H,19,21)(H,20,22)/t13-/m1/s1. The molecular formula is C18H28N2O4. The molecule has 0 unspecified atom stereocenters. The molecule has 0 aliphatic heterocycles. The molecule has 6 nitrogen and oxygen atoms in total. The van der Waals surface area contributed by atoms with Crippen LogP contribution in [0, 0.1) is 0 Å². The summed E-state index contributed by atoms with van der Waals surface area (Å²) < 4.78 is 11.3. The Kier molecular flexibility index (Phi) is 8.68. The second-order valence-electron chi connectivity index (χ2n) is 5.45. The van der Waals surface area contributed by atoms with Crippen molar-refractivity contribution in [3.8, 4) is 11.5 Å². The lowest BCUT2D eigenvalue weighted by molar-refractivity contribution is -0.122. The lowest BCUT2D eigenvalue weighted by Crippen LogP contribution is -2.44. The van der Waals surface area contributed by atoms with E-state index in [9.17, 15) is 9.59 Å². The van der Waals surface area contributed by atoms with E-state index in [1.807, 2.05) is 20.8 Å². The van der Waals surface area contributed by atoms with E-state index < -0.39 is 6.04 Å². The van der Waals surface area contributed by atoms with Gasteiger partial charge in [-0.2, -0.15) is 0 Å². The van der Waals surface area contributed by atoms with Crippen molar-refractivity contribution in [1.29, 1.82) is 0 Å². The van der Waals surface area contributed by atoms with Crippen LogP contribution in [0.25, 0.3) is 0 Å². The number of benzene rings is 1. The van der Waals surface area contributed by atoms with Crippen molar-refractivity contribution >= 4 is 11.8 Å². The predicted molar refractivity (Wildman–Crippen MR) is 93.6 cm³/mol. The molecule has 6 heteroatoms. The van der Waals surface area contributed by atoms with Crippen LogP contribution in [0.2, 0.25) is 0 Å². The molecule has 0 bridgehead atoms. The molecule has 1 aromatic rings. The van der Waals surface area contributed by atoms with Gasteiger partial charge >= 0.3 is 0 Å². The number of hydrogen-bond acceptors (Lipinski definition) is 4. The van der Waals surface area contributed by atoms with Crippen molar-refractivity contribution in [3.05, 3.63) is 23.8 Å². The van der Waals surface area contributed by atoms with Crippen LogP contribution in [-0.2, 0) is 4.79 Å². The molecule has 2 amide bonds. The molecule has 2 N–H and O–H groups in total. The topological polar surface area (TPSA) is 76.7 Å². The maximum atomic E-state index is 12.3. The van der Waals surface area contributed by atoms with Gasteiger partial charge in [-0.3, -0.25) is 9.59 Å². The number of amides is 2. The van der Waals surface area contributed by atoms with Crippen molar-refractivity contribution < 1.29 is 19.1 Å². The first-order chi connectivity index (χ1) is 11.5. The highest BCUT2D eigenvalue weighted by atomic mass is 16.5. The summed E-state index contributed by atoms with van der Waals surface area (Å²) in [5, 5.41) is 5.35. The Balaban J connectivity index is 2.86. The van der Waals surface area contributed by atoms with E-state index in [0.29, 0.717) is 36.8 Å². The summed E-state index contributed by atoms with van der Waals surface area (Å²) in [5.74, 6) is 0.635. The summed E-state index contributed by atoms with van der Waals surface area (Å²) in [6, 6.07) is 4.45. The number of nitrogens with one attached hydrogen (secondary N) is 2. The highest BCUT2D eigenvalue weighted by Gasteiger charge is 2.17. The monoisotopic (exact) mass is 336 g/mol. The van der Waals surface area contributed by atoms with E-state index in [2.05, 4.69) is 10.6 Å². The molecule has 0 aromatic heterocycles. The van der Waals surface area contributed by atoms with Crippen LogP contribution in [0.1, 0.15) is 50.9 Å². The van der Waals surface area contributed by atoms with Gasteiger partial charge in [-0.05, 0) is 44.9 Å². The molecule has 0 spiro atoms. The maximum absolute atomic E-state index is 12.3. The number of ether oxygens (including phenoxy) is 2. The summed E-state index contributed by atoms with van der Waals surface area (Å²) in [6.07, 6.45) is 1.75. The molecule has 1 atom stereocenters. The molecule has 134 valence electrons. The molecule has 0 saturated carbocycles. The fourth-order valence-corrected chi connectivity index (χ4v) is 1.98. The third-order valence-electron chi connectivity index (χ3n) is 3.22. The Labute approximate surface area is 143 Å². The second kappa shape index (κ2) is 10.5. The van der Waals surface area contributed by atoms with Crippen LogP contribution >= 0.6 is 0 Å². The summed E-state index contributed by atoms with van der Waals surface area (Å²) in [4.78, 5) is 24.0. The van der Waals surface area contributed by atoms with E-state index in [1.54, 1.807) is 25.1 Å². The minimum absolute atomic E-state index is 0.212. The molecule has 0 aliphatic carbocycles. The molecular weight excluding hydrogens is 308 g/mol. The molecule has 1 rings (SSSR count). The molecule has 0 fully saturated rings. The molecule has 1 aromatic carbocycles. The summed E-state index contributed by atoms with van der Waals surface area (Å²) in [6.45, 7) is 9.17. The fraction of sp³-hybridized carbons (Fsp3) is 0.556. The van der Waals surface area contributed by atoms with Crippen LogP contribution in [0.15, 0.2) is 18.2 Å². The van der Waals surface area contributed by atoms with Gasteiger partial charge in [-0.25, -0.2) is 0 Å². The molecule has 0 heterocycles. The van der Waals surface area contributed by atoms with Gasteiger partial charge in [0.05, 0.1) is 13.2 Å². The van der Waals surface area contributed by atoms with E-state index >= 15 is 0 Å². The van der Waals surface area contributed by atoms with Crippen molar-refractivity contribution in [1.82, 2.24) is 10.6 Å². The predicted octanol–water partition coefficient (Wildman–Crippen LogP) is 2.52. The average Bonchev–Trinajstić information content (AvgIpc) is 2.58. The summed E-state index contributed by atoms with van der Waals surface area (Å²) >= 11 is 0. The third kappa shape index (κ3) is 6.10. The van der Waals surface area contributed by atoms with Crippen LogP contribution in [-0.4, -0.2) is 37.6 Å². The number of carbonyl (C=O) groups is 2. The number of rotatable bonds is 10. The maximum Gasteiger partial charge on any atom is 0.252 e. The lowest BCUT2D eigenvalue weighted by atomic mass is 10.1. The quantitative estimate of drug-likeness (QED) is 0.688. The van der Waals surface area contributed by atoms with Crippen LogP contribution in [0.4, 0.5) is 0 Å². The van der Waals surface area contributed by atoms with Gasteiger partial charge in [0.1, 0.15) is 6.04 Å². The zero-order valence-corrected chi connectivity index (χ0v) is 15.0. The van der Waals surface area contributed by atoms with E-state index in [1.165, 1.54) is 0 Å². The highest BCUT2D eigenvalue weighted by Crippen LogP contribution is 2.29. The van der Waals surface area contributed by atoms with Gasteiger partial charge in [-0.15, -0.1) is 0 Å². The van der Waals surface area contributed by atoms with Crippen molar-refractivity contribution in [2.45, 2.75) is 46.6 Å². The zero-order valence-electron chi connectivity index (χ0n) is 15.0. The molecule has 24 heavy (non-hydrogen) atoms. The molecule has 0 aliphatic rings. The molecule has 0 saturated heterocycles. The Bertz CT molecular complexity index is 546. The lowest BCUT2D eigenvalue weighted by Gasteiger charge is -2.16. The largest absolute Gasteiger partial charge is 0.490 e. The zero-order chi connectivity index (χ0) is 17.9. The fourth-order valence-electron chi connectivity index (χ4n) is 1.98. The van der Waals surface area contributed by atoms with Gasteiger partial charge < -0.3 is 20.1 Å². The first kappa shape index (κ1) is 19.8. The number of likely N-dealkylation sites (N-methyl/N-ethyl adjacent to an activating group) is 1. The summed E-state index contributed by atoms with van der Waals surface area (Å²) in [5.41, 5.74) is 0.432. The Morgan fingerprint density at radius 3 is 2.25 bits per heavy atom. The average molecular weight is 336 g/mol. The Morgan fingerprint density at radius 1 is 1.04 bits per heavy atom. The third-order valence-corrected chi connectivity index (χ3v) is 3.22. The van der Waals surface area contributed by atoms with Crippen LogP contribution < -0.4 is 20.1 Å².